The molecule has 0 saturated heterocycles. The quantitative estimate of drug-likeness (QED) is 0.537. The number of hydrogen-bond donors (Lipinski definition) is 4. The second-order valence-electron chi connectivity index (χ2n) is 4.40. The minimum Gasteiger partial charge on any atom is -0.324 e. The molecule has 1 aromatic heterocycles. The Balaban J connectivity index is 1.86. The van der Waals surface area contributed by atoms with Crippen molar-refractivity contribution in [2.45, 2.75) is 0 Å². The molecule has 0 bridgehead atoms. The summed E-state index contributed by atoms with van der Waals surface area (Å²) in [7, 11) is 0. The third-order valence-electron chi connectivity index (χ3n) is 2.80. The van der Waals surface area contributed by atoms with Crippen molar-refractivity contribution in [1.82, 2.24) is 15.0 Å². The molecule has 0 amide bonds. The average Bonchev–Trinajstić information content (AvgIpc) is 2.56. The third kappa shape index (κ3) is 3.47. The molecule has 3 aromatic rings. The monoisotopic (exact) mass is 294 g/mol. The highest BCUT2D eigenvalue weighted by Crippen LogP contribution is 2.17. The molecule has 0 aliphatic rings. The van der Waals surface area contributed by atoms with Gasteiger partial charge in [-0.05, 0) is 24.3 Å². The number of nitrogens with one attached hydrogen (secondary N) is 3. The molecule has 0 atom stereocenters. The number of nitrogens with zero attached hydrogens (tertiary/aromatic N) is 3. The van der Waals surface area contributed by atoms with Gasteiger partial charge in [-0.2, -0.15) is 15.0 Å². The van der Waals surface area contributed by atoms with Gasteiger partial charge in [0, 0.05) is 11.4 Å². The number of para-hydroxylation sites is 2. The topological polar surface area (TPSA) is 95.0 Å². The zero-order valence-electron chi connectivity index (χ0n) is 11.6. The molecule has 1 heterocycles. The molecule has 110 valence electrons. The van der Waals surface area contributed by atoms with E-state index in [-0.39, 0.29) is 5.95 Å². The van der Waals surface area contributed by atoms with Crippen LogP contribution >= 0.6 is 0 Å². The van der Waals surface area contributed by atoms with Crippen LogP contribution in [-0.4, -0.2) is 20.2 Å². The summed E-state index contributed by atoms with van der Waals surface area (Å²) >= 11 is 0. The molecule has 0 saturated carbocycles. The second-order valence-corrected chi connectivity index (χ2v) is 4.40. The van der Waals surface area contributed by atoms with Crippen LogP contribution in [0, 0.1) is 0 Å². The summed E-state index contributed by atoms with van der Waals surface area (Å²) in [5.41, 5.74) is 3.61. The molecule has 2 aromatic carbocycles. The molecular formula is C15H14N6O. The van der Waals surface area contributed by atoms with Crippen molar-refractivity contribution in [3.05, 3.63) is 60.7 Å². The summed E-state index contributed by atoms with van der Waals surface area (Å²) < 4.78 is 0. The van der Waals surface area contributed by atoms with Gasteiger partial charge in [-0.25, -0.2) is 5.48 Å². The fourth-order valence-electron chi connectivity index (χ4n) is 1.84. The molecule has 0 fully saturated rings. The normalized spacial score (nSPS) is 10.0. The van der Waals surface area contributed by atoms with Crippen LogP contribution < -0.4 is 16.1 Å². The van der Waals surface area contributed by atoms with Gasteiger partial charge in [-0.15, -0.1) is 0 Å². The molecule has 0 radical (unpaired) electrons. The van der Waals surface area contributed by atoms with Crippen molar-refractivity contribution in [2.24, 2.45) is 0 Å². The second kappa shape index (κ2) is 6.51. The van der Waals surface area contributed by atoms with E-state index in [2.05, 4.69) is 25.6 Å². The highest BCUT2D eigenvalue weighted by Gasteiger charge is 2.06. The maximum Gasteiger partial charge on any atom is 0.253 e. The number of rotatable bonds is 5. The molecule has 22 heavy (non-hydrogen) atoms. The molecule has 3 rings (SSSR count). The molecule has 7 nitrogen and oxygen atoms in total. The van der Waals surface area contributed by atoms with Gasteiger partial charge in [-0.3, -0.25) is 5.21 Å². The summed E-state index contributed by atoms with van der Waals surface area (Å²) in [5.74, 6) is 0.680. The zero-order chi connectivity index (χ0) is 15.2. The molecule has 4 N–H and O–H groups in total. The number of aromatic nitrogens is 3. The Morgan fingerprint density at radius 3 is 1.41 bits per heavy atom. The Kier molecular flexibility index (Phi) is 4.08. The van der Waals surface area contributed by atoms with E-state index in [0.717, 1.165) is 11.4 Å². The Morgan fingerprint density at radius 2 is 1.00 bits per heavy atom. The molecule has 0 unspecified atom stereocenters. The molecule has 0 aliphatic carbocycles. The van der Waals surface area contributed by atoms with Crippen LogP contribution in [0.4, 0.5) is 29.2 Å². The highest BCUT2D eigenvalue weighted by atomic mass is 16.5. The smallest absolute Gasteiger partial charge is 0.253 e. The first-order valence-electron chi connectivity index (χ1n) is 6.64. The third-order valence-corrected chi connectivity index (χ3v) is 2.80. The van der Waals surface area contributed by atoms with Crippen LogP contribution in [-0.2, 0) is 0 Å². The first-order valence-corrected chi connectivity index (χ1v) is 6.64. The van der Waals surface area contributed by atoms with Gasteiger partial charge < -0.3 is 10.6 Å². The largest absolute Gasteiger partial charge is 0.324 e. The lowest BCUT2D eigenvalue weighted by Gasteiger charge is -2.09. The van der Waals surface area contributed by atoms with E-state index in [0.29, 0.717) is 11.9 Å². The summed E-state index contributed by atoms with van der Waals surface area (Å²) in [6, 6.07) is 19.0. The number of hydrogen-bond acceptors (Lipinski definition) is 7. The lowest BCUT2D eigenvalue weighted by atomic mass is 10.3. The van der Waals surface area contributed by atoms with E-state index in [4.69, 9.17) is 5.21 Å². The Hall–Kier alpha value is -3.19. The van der Waals surface area contributed by atoms with Gasteiger partial charge in [0.25, 0.3) is 5.95 Å². The van der Waals surface area contributed by atoms with Gasteiger partial charge in [0.15, 0.2) is 0 Å². The highest BCUT2D eigenvalue weighted by molar-refractivity contribution is 5.58. The van der Waals surface area contributed by atoms with E-state index in [9.17, 15) is 0 Å². The van der Waals surface area contributed by atoms with Crippen molar-refractivity contribution in [3.8, 4) is 0 Å². The van der Waals surface area contributed by atoms with E-state index in [1.165, 1.54) is 0 Å². The first-order chi connectivity index (χ1) is 10.8. The average molecular weight is 294 g/mol. The standard InChI is InChI=1S/C15H14N6O/c22-21-15-19-13(16-11-7-3-1-4-8-11)18-14(20-15)17-12-9-5-2-6-10-12/h1-10,22H,(H3,16,17,18,19,20,21). The van der Waals surface area contributed by atoms with Gasteiger partial charge in [0.1, 0.15) is 0 Å². The lowest BCUT2D eigenvalue weighted by Crippen LogP contribution is -2.07. The van der Waals surface area contributed by atoms with Crippen LogP contribution in [0.3, 0.4) is 0 Å². The molecular weight excluding hydrogens is 280 g/mol. The van der Waals surface area contributed by atoms with Crippen molar-refractivity contribution in [1.29, 1.82) is 0 Å². The minimum absolute atomic E-state index is 0.0480. The van der Waals surface area contributed by atoms with Gasteiger partial charge in [-0.1, -0.05) is 36.4 Å². The predicted molar refractivity (Wildman–Crippen MR) is 84.7 cm³/mol. The lowest BCUT2D eigenvalue weighted by molar-refractivity contribution is 0.382. The SMILES string of the molecule is ONc1nc(Nc2ccccc2)nc(Nc2ccccc2)n1. The number of anilines is 5. The molecule has 7 heteroatoms. The summed E-state index contributed by atoms with van der Waals surface area (Å²) in [6.45, 7) is 0. The maximum absolute atomic E-state index is 9.06. The Morgan fingerprint density at radius 1 is 0.591 bits per heavy atom. The van der Waals surface area contributed by atoms with Crippen LogP contribution in [0.1, 0.15) is 0 Å². The minimum atomic E-state index is 0.0480. The predicted octanol–water partition coefficient (Wildman–Crippen LogP) is 3.16. The Labute approximate surface area is 127 Å². The van der Waals surface area contributed by atoms with Crippen LogP contribution in [0.25, 0.3) is 0 Å². The van der Waals surface area contributed by atoms with E-state index < -0.39 is 0 Å². The van der Waals surface area contributed by atoms with Crippen LogP contribution in [0.2, 0.25) is 0 Å². The molecule has 0 aliphatic heterocycles. The zero-order valence-corrected chi connectivity index (χ0v) is 11.6. The van der Waals surface area contributed by atoms with E-state index >= 15 is 0 Å². The number of benzene rings is 2. The van der Waals surface area contributed by atoms with Gasteiger partial charge in [0.05, 0.1) is 0 Å². The van der Waals surface area contributed by atoms with E-state index in [1.54, 1.807) is 0 Å². The van der Waals surface area contributed by atoms with Crippen molar-refractivity contribution < 1.29 is 5.21 Å². The molecule has 0 spiro atoms. The maximum atomic E-state index is 9.06. The first kappa shape index (κ1) is 13.8. The van der Waals surface area contributed by atoms with Crippen LogP contribution in [0.5, 0.6) is 0 Å². The fourth-order valence-corrected chi connectivity index (χ4v) is 1.84. The summed E-state index contributed by atoms with van der Waals surface area (Å²) in [4.78, 5) is 12.4. The van der Waals surface area contributed by atoms with Gasteiger partial charge in [0.2, 0.25) is 11.9 Å². The fraction of sp³-hybridized carbons (Fsp3) is 0. The summed E-state index contributed by atoms with van der Waals surface area (Å²) in [6.07, 6.45) is 0. The van der Waals surface area contributed by atoms with Crippen molar-refractivity contribution >= 4 is 29.2 Å². The van der Waals surface area contributed by atoms with E-state index in [1.807, 2.05) is 66.1 Å². The van der Waals surface area contributed by atoms with Gasteiger partial charge >= 0.3 is 0 Å². The van der Waals surface area contributed by atoms with Crippen LogP contribution in [0.15, 0.2) is 60.7 Å². The summed E-state index contributed by atoms with van der Waals surface area (Å²) in [5, 5.41) is 15.2. The Bertz CT molecular complexity index is 676. The van der Waals surface area contributed by atoms with Crippen molar-refractivity contribution in [2.75, 3.05) is 16.1 Å². The van der Waals surface area contributed by atoms with Crippen molar-refractivity contribution in [3.63, 3.8) is 0 Å².